The maximum atomic E-state index is 13.6. The number of hydrogen-bond acceptors (Lipinski definition) is 5. The fourth-order valence-corrected chi connectivity index (χ4v) is 4.24. The summed E-state index contributed by atoms with van der Waals surface area (Å²) in [7, 11) is 0. The van der Waals surface area contributed by atoms with E-state index in [1.54, 1.807) is 48.7 Å². The largest absolute Gasteiger partial charge is 0.478 e. The number of alkyl halides is 6. The Morgan fingerprint density at radius 2 is 1.57 bits per heavy atom. The Bertz CT molecular complexity index is 1260. The molecule has 2 aromatic carbocycles. The third-order valence-corrected chi connectivity index (χ3v) is 6.22. The number of benzene rings is 2. The molecular formula is C25H20ClF6N3O2. The number of anilines is 1. The fourth-order valence-electron chi connectivity index (χ4n) is 4.02. The molecule has 0 saturated heterocycles. The molecule has 4 rings (SSSR count). The fraction of sp³-hybridized carbons (Fsp3) is 0.280. The molecule has 0 aliphatic carbocycles. The summed E-state index contributed by atoms with van der Waals surface area (Å²) in [5, 5.41) is 14.7. The van der Waals surface area contributed by atoms with Crippen molar-refractivity contribution in [2.45, 2.75) is 37.3 Å². The smallest absolute Gasteiger partial charge is 0.431 e. The molecule has 0 bridgehead atoms. The first kappa shape index (κ1) is 26.7. The Labute approximate surface area is 213 Å². The van der Waals surface area contributed by atoms with Gasteiger partial charge in [-0.25, -0.2) is 4.98 Å². The van der Waals surface area contributed by atoms with Crippen LogP contribution in [0.4, 0.5) is 32.0 Å². The molecule has 1 N–H and O–H groups in total. The van der Waals surface area contributed by atoms with Crippen molar-refractivity contribution in [1.29, 1.82) is 0 Å². The maximum absolute atomic E-state index is 13.6. The number of rotatable bonds is 6. The second-order valence-corrected chi connectivity index (χ2v) is 8.62. The van der Waals surface area contributed by atoms with E-state index in [4.69, 9.17) is 16.3 Å². The second kappa shape index (κ2) is 9.86. The number of aromatic nitrogens is 1. The Morgan fingerprint density at radius 1 is 0.946 bits per heavy atom. The highest BCUT2D eigenvalue weighted by molar-refractivity contribution is 6.33. The van der Waals surface area contributed by atoms with Crippen molar-refractivity contribution in [3.63, 3.8) is 0 Å². The molecule has 0 radical (unpaired) electrons. The first-order valence-electron chi connectivity index (χ1n) is 11.0. The van der Waals surface area contributed by atoms with Gasteiger partial charge in [-0.3, -0.25) is 5.01 Å². The summed E-state index contributed by atoms with van der Waals surface area (Å²) in [6, 6.07) is 14.7. The number of halogens is 7. The molecule has 1 aliphatic heterocycles. The van der Waals surface area contributed by atoms with Gasteiger partial charge in [0.2, 0.25) is 5.88 Å². The minimum absolute atomic E-state index is 0.0668. The molecule has 5 nitrogen and oxygen atoms in total. The number of aliphatic hydroxyl groups is 1. The van der Waals surface area contributed by atoms with Crippen LogP contribution in [0.1, 0.15) is 24.9 Å². The summed E-state index contributed by atoms with van der Waals surface area (Å²) in [6.45, 7) is 2.27. The lowest BCUT2D eigenvalue weighted by atomic mass is 9.89. The molecule has 0 saturated carbocycles. The van der Waals surface area contributed by atoms with E-state index in [2.05, 4.69) is 10.1 Å². The molecule has 0 spiro atoms. The van der Waals surface area contributed by atoms with Crippen LogP contribution in [0.25, 0.3) is 11.1 Å². The maximum Gasteiger partial charge on any atom is 0.431 e. The standard InChI is InChI=1S/C25H20ClF6N3O2/c1-2-37-22-12-11-17(14-33-22)15-7-9-16(10-8-15)20-13-21(23(36,24(27,28)29)25(30,31)32)34-35(20)19-6-4-3-5-18(19)26/h3-12,14,20,36H,2,13H2,1H3. The number of hydrazone groups is 1. The average Bonchev–Trinajstić information content (AvgIpc) is 3.28. The molecule has 1 aliphatic rings. The highest BCUT2D eigenvalue weighted by atomic mass is 35.5. The Morgan fingerprint density at radius 3 is 2.11 bits per heavy atom. The molecule has 0 amide bonds. The van der Waals surface area contributed by atoms with Crippen LogP contribution in [-0.4, -0.2) is 40.4 Å². The third-order valence-electron chi connectivity index (χ3n) is 5.91. The minimum Gasteiger partial charge on any atom is -0.478 e. The lowest BCUT2D eigenvalue weighted by molar-refractivity contribution is -0.338. The van der Waals surface area contributed by atoms with Crippen LogP contribution in [0.3, 0.4) is 0 Å². The predicted molar refractivity (Wildman–Crippen MR) is 127 cm³/mol. The Kier molecular flexibility index (Phi) is 7.13. The SMILES string of the molecule is CCOc1ccc(-c2ccc(C3CC(C(O)(C(F)(F)F)C(F)(F)F)=NN3c3ccccc3Cl)cc2)cn1. The zero-order chi connectivity index (χ0) is 27.0. The topological polar surface area (TPSA) is 58.0 Å². The molecule has 12 heteroatoms. The lowest BCUT2D eigenvalue weighted by Crippen LogP contribution is -2.62. The summed E-state index contributed by atoms with van der Waals surface area (Å²) in [5.41, 5.74) is -4.70. The average molecular weight is 544 g/mol. The molecule has 1 atom stereocenters. The molecule has 37 heavy (non-hydrogen) atoms. The van der Waals surface area contributed by atoms with Gasteiger partial charge in [-0.2, -0.15) is 31.4 Å². The van der Waals surface area contributed by atoms with Gasteiger partial charge in [-0.05, 0) is 36.2 Å². The van der Waals surface area contributed by atoms with Crippen LogP contribution in [0.15, 0.2) is 72.0 Å². The number of pyridine rings is 1. The van der Waals surface area contributed by atoms with Gasteiger partial charge in [-0.15, -0.1) is 0 Å². The van der Waals surface area contributed by atoms with Gasteiger partial charge in [0.25, 0.3) is 5.60 Å². The molecule has 3 aromatic rings. The summed E-state index contributed by atoms with van der Waals surface area (Å²) >= 11 is 6.20. The van der Waals surface area contributed by atoms with Gasteiger partial charge in [0.05, 0.1) is 29.1 Å². The molecule has 1 unspecified atom stereocenters. The van der Waals surface area contributed by atoms with Crippen molar-refractivity contribution in [3.05, 3.63) is 77.4 Å². The van der Waals surface area contributed by atoms with E-state index in [0.29, 0.717) is 23.6 Å². The highest BCUT2D eigenvalue weighted by Crippen LogP contribution is 2.49. The van der Waals surface area contributed by atoms with Crippen molar-refractivity contribution in [2.75, 3.05) is 11.6 Å². The minimum atomic E-state index is -6.05. The van der Waals surface area contributed by atoms with Crippen LogP contribution in [0.2, 0.25) is 5.02 Å². The quantitative estimate of drug-likeness (QED) is 0.341. The van der Waals surface area contributed by atoms with Crippen molar-refractivity contribution in [2.24, 2.45) is 5.10 Å². The van der Waals surface area contributed by atoms with E-state index in [1.165, 1.54) is 18.2 Å². The van der Waals surface area contributed by atoms with E-state index < -0.39 is 36.1 Å². The first-order valence-corrected chi connectivity index (χ1v) is 11.4. The van der Waals surface area contributed by atoms with Crippen LogP contribution in [0, 0.1) is 0 Å². The molecular weight excluding hydrogens is 524 g/mol. The van der Waals surface area contributed by atoms with Gasteiger partial charge < -0.3 is 9.84 Å². The summed E-state index contributed by atoms with van der Waals surface area (Å²) < 4.78 is 86.9. The lowest BCUT2D eigenvalue weighted by Gasteiger charge is -2.32. The van der Waals surface area contributed by atoms with Crippen LogP contribution in [-0.2, 0) is 0 Å². The van der Waals surface area contributed by atoms with Gasteiger partial charge >= 0.3 is 12.4 Å². The van der Waals surface area contributed by atoms with Gasteiger partial charge in [0, 0.05) is 24.2 Å². The summed E-state index contributed by atoms with van der Waals surface area (Å²) in [6.07, 6.45) is -11.4. The van der Waals surface area contributed by atoms with Gasteiger partial charge in [-0.1, -0.05) is 48.0 Å². The van der Waals surface area contributed by atoms with E-state index in [0.717, 1.165) is 10.6 Å². The number of hydrogen-bond donors (Lipinski definition) is 1. The molecule has 196 valence electrons. The zero-order valence-electron chi connectivity index (χ0n) is 19.2. The van der Waals surface area contributed by atoms with Crippen molar-refractivity contribution in [3.8, 4) is 17.0 Å². The van der Waals surface area contributed by atoms with Crippen molar-refractivity contribution in [1.82, 2.24) is 4.98 Å². The second-order valence-electron chi connectivity index (χ2n) is 8.21. The molecule has 1 aromatic heterocycles. The first-order chi connectivity index (χ1) is 17.4. The number of para-hydroxylation sites is 1. The van der Waals surface area contributed by atoms with E-state index >= 15 is 0 Å². The monoisotopic (exact) mass is 543 g/mol. The Hall–Kier alpha value is -3.31. The van der Waals surface area contributed by atoms with Crippen LogP contribution >= 0.6 is 11.6 Å². The molecule has 2 heterocycles. The summed E-state index contributed by atoms with van der Waals surface area (Å²) in [5.74, 6) is 0.440. The van der Waals surface area contributed by atoms with Gasteiger partial charge in [0.15, 0.2) is 0 Å². The van der Waals surface area contributed by atoms with E-state index in [9.17, 15) is 31.4 Å². The van der Waals surface area contributed by atoms with Crippen molar-refractivity contribution >= 4 is 23.0 Å². The Balaban J connectivity index is 1.73. The van der Waals surface area contributed by atoms with Gasteiger partial charge in [0.1, 0.15) is 0 Å². The van der Waals surface area contributed by atoms with Crippen LogP contribution < -0.4 is 9.75 Å². The van der Waals surface area contributed by atoms with Crippen LogP contribution in [0.5, 0.6) is 5.88 Å². The zero-order valence-corrected chi connectivity index (χ0v) is 19.9. The third kappa shape index (κ3) is 4.97. The summed E-state index contributed by atoms with van der Waals surface area (Å²) in [4.78, 5) is 4.18. The van der Waals surface area contributed by atoms with E-state index in [-0.39, 0.29) is 10.7 Å². The number of ether oxygens (including phenoxy) is 1. The number of nitrogens with zero attached hydrogens (tertiary/aromatic N) is 3. The highest BCUT2D eigenvalue weighted by Gasteiger charge is 2.74. The predicted octanol–water partition coefficient (Wildman–Crippen LogP) is 6.96. The normalized spacial score (nSPS) is 16.6. The van der Waals surface area contributed by atoms with Crippen molar-refractivity contribution < 1.29 is 36.2 Å². The molecule has 0 fully saturated rings. The van der Waals surface area contributed by atoms with E-state index in [1.807, 2.05) is 6.92 Å².